The van der Waals surface area contributed by atoms with E-state index in [2.05, 4.69) is 15.3 Å². The molecule has 13 heteroatoms. The number of nitrogens with one attached hydrogen (secondary N) is 1. The normalized spacial score (nSPS) is 20.3. The number of benzene rings is 1. The van der Waals surface area contributed by atoms with Gasteiger partial charge >= 0.3 is 6.18 Å². The van der Waals surface area contributed by atoms with Crippen LogP contribution in [0.2, 0.25) is 0 Å². The molecule has 158 valence electrons. The van der Waals surface area contributed by atoms with Gasteiger partial charge in [-0.1, -0.05) is 0 Å². The van der Waals surface area contributed by atoms with Gasteiger partial charge in [-0.25, -0.2) is 18.5 Å². The summed E-state index contributed by atoms with van der Waals surface area (Å²) in [6.45, 7) is 0.193. The molecule has 1 aliphatic rings. The van der Waals surface area contributed by atoms with Crippen LogP contribution in [0.15, 0.2) is 35.4 Å². The lowest BCUT2D eigenvalue weighted by atomic mass is 10.1. The number of nitrogens with two attached hydrogens (primary N) is 1. The minimum atomic E-state index is -4.77. The Balaban J connectivity index is 1.86. The Morgan fingerprint density at radius 2 is 1.97 bits per heavy atom. The molecule has 0 amide bonds. The molecule has 1 aliphatic heterocycles. The molecular formula is C16H17F3N4O5S. The Morgan fingerprint density at radius 1 is 1.28 bits per heavy atom. The fourth-order valence-corrected chi connectivity index (χ4v) is 3.04. The van der Waals surface area contributed by atoms with Crippen molar-refractivity contribution in [1.82, 2.24) is 9.97 Å². The van der Waals surface area contributed by atoms with Crippen molar-refractivity contribution in [3.8, 4) is 5.88 Å². The number of alkyl halides is 3. The third kappa shape index (κ3) is 5.32. The number of nitrogens with zero attached hydrogens (tertiary/aromatic N) is 2. The minimum Gasteiger partial charge on any atom is -0.469 e. The number of aliphatic hydroxyl groups is 1. The van der Waals surface area contributed by atoms with E-state index in [-0.39, 0.29) is 30.5 Å². The number of halogens is 3. The molecule has 0 aliphatic carbocycles. The van der Waals surface area contributed by atoms with Gasteiger partial charge in [0.1, 0.15) is 11.7 Å². The molecule has 0 spiro atoms. The molecule has 3 rings (SSSR count). The fourth-order valence-electron chi connectivity index (χ4n) is 2.52. The second kappa shape index (κ2) is 8.10. The van der Waals surface area contributed by atoms with Crippen LogP contribution in [-0.2, 0) is 20.9 Å². The maximum atomic E-state index is 13.3. The summed E-state index contributed by atoms with van der Waals surface area (Å²) in [6, 6.07) is 5.13. The third-order valence-electron chi connectivity index (χ3n) is 4.03. The molecule has 1 fully saturated rings. The molecule has 0 bridgehead atoms. The van der Waals surface area contributed by atoms with Crippen molar-refractivity contribution in [2.75, 3.05) is 18.5 Å². The van der Waals surface area contributed by atoms with Gasteiger partial charge < -0.3 is 19.9 Å². The highest BCUT2D eigenvalue weighted by molar-refractivity contribution is 7.89. The zero-order valence-electron chi connectivity index (χ0n) is 14.8. The first-order valence-electron chi connectivity index (χ1n) is 8.30. The number of aliphatic hydroxyl groups excluding tert-OH is 1. The van der Waals surface area contributed by atoms with Crippen LogP contribution in [-0.4, -0.2) is 48.9 Å². The summed E-state index contributed by atoms with van der Waals surface area (Å²) < 4.78 is 72.8. The lowest BCUT2D eigenvalue weighted by Crippen LogP contribution is -2.41. The van der Waals surface area contributed by atoms with Crippen molar-refractivity contribution in [2.24, 2.45) is 5.14 Å². The van der Waals surface area contributed by atoms with Gasteiger partial charge in [0.25, 0.3) is 0 Å². The van der Waals surface area contributed by atoms with Crippen LogP contribution in [0, 0.1) is 0 Å². The maximum absolute atomic E-state index is 13.3. The number of aromatic nitrogens is 2. The average molecular weight is 434 g/mol. The molecular weight excluding hydrogens is 417 g/mol. The van der Waals surface area contributed by atoms with Crippen LogP contribution in [0.4, 0.5) is 24.8 Å². The predicted octanol–water partition coefficient (Wildman–Crippen LogP) is 1.42. The van der Waals surface area contributed by atoms with E-state index in [1.165, 1.54) is 24.3 Å². The molecule has 2 aromatic rings. The van der Waals surface area contributed by atoms with E-state index >= 15 is 0 Å². The molecule has 0 saturated carbocycles. The lowest BCUT2D eigenvalue weighted by Gasteiger charge is -2.28. The van der Waals surface area contributed by atoms with Crippen LogP contribution in [0.5, 0.6) is 5.88 Å². The second-order valence-electron chi connectivity index (χ2n) is 6.19. The Labute approximate surface area is 163 Å². The van der Waals surface area contributed by atoms with E-state index in [0.717, 1.165) is 0 Å². The standard InChI is InChI=1S/C16H17F3N4O5S/c17-16(18,19)11-7-21-15(22-9-1-3-10(4-2-9)29(20,25)26)23-14(11)28-13-8-27-6-5-12(13)24/h1-4,7,12-13,24H,5-6,8H2,(H2,20,25,26)(H,21,22,23)/t12-,13+/m0/s1. The van der Waals surface area contributed by atoms with Gasteiger partial charge in [0, 0.05) is 24.9 Å². The second-order valence-corrected chi connectivity index (χ2v) is 7.75. The smallest absolute Gasteiger partial charge is 0.423 e. The molecule has 0 radical (unpaired) electrons. The number of hydrogen-bond acceptors (Lipinski definition) is 8. The summed E-state index contributed by atoms with van der Waals surface area (Å²) in [7, 11) is -3.88. The molecule has 2 atom stereocenters. The van der Waals surface area contributed by atoms with Crippen molar-refractivity contribution < 1.29 is 36.2 Å². The van der Waals surface area contributed by atoms with Crippen LogP contribution in [0.1, 0.15) is 12.0 Å². The topological polar surface area (TPSA) is 137 Å². The summed E-state index contributed by atoms with van der Waals surface area (Å²) in [6.07, 6.45) is -6.01. The first-order chi connectivity index (χ1) is 13.5. The number of hydrogen-bond donors (Lipinski definition) is 3. The third-order valence-corrected chi connectivity index (χ3v) is 4.96. The number of primary sulfonamides is 1. The molecule has 0 unspecified atom stereocenters. The molecule has 1 aromatic heterocycles. The van der Waals surface area contributed by atoms with Gasteiger partial charge in [-0.2, -0.15) is 18.2 Å². The zero-order chi connectivity index (χ0) is 21.2. The van der Waals surface area contributed by atoms with Crippen LogP contribution >= 0.6 is 0 Å². The van der Waals surface area contributed by atoms with E-state index in [4.69, 9.17) is 14.6 Å². The molecule has 2 heterocycles. The number of sulfonamides is 1. The number of anilines is 2. The number of rotatable bonds is 5. The molecule has 1 saturated heterocycles. The highest BCUT2D eigenvalue weighted by Gasteiger charge is 2.38. The highest BCUT2D eigenvalue weighted by Crippen LogP contribution is 2.36. The van der Waals surface area contributed by atoms with Crippen LogP contribution in [0.3, 0.4) is 0 Å². The monoisotopic (exact) mass is 434 g/mol. The van der Waals surface area contributed by atoms with Crippen molar-refractivity contribution in [3.05, 3.63) is 36.0 Å². The van der Waals surface area contributed by atoms with Crippen LogP contribution in [0.25, 0.3) is 0 Å². The molecule has 9 nitrogen and oxygen atoms in total. The molecule has 4 N–H and O–H groups in total. The van der Waals surface area contributed by atoms with Gasteiger partial charge in [-0.15, -0.1) is 0 Å². The van der Waals surface area contributed by atoms with Gasteiger partial charge in [-0.3, -0.25) is 0 Å². The lowest BCUT2D eigenvalue weighted by molar-refractivity contribution is -0.142. The summed E-state index contributed by atoms with van der Waals surface area (Å²) >= 11 is 0. The van der Waals surface area contributed by atoms with Crippen molar-refractivity contribution >= 4 is 21.7 Å². The quantitative estimate of drug-likeness (QED) is 0.643. The minimum absolute atomic E-state index is 0.0831. The van der Waals surface area contributed by atoms with Crippen LogP contribution < -0.4 is 15.2 Å². The number of ether oxygens (including phenoxy) is 2. The van der Waals surface area contributed by atoms with E-state index in [1.54, 1.807) is 0 Å². The van der Waals surface area contributed by atoms with E-state index < -0.39 is 39.9 Å². The summed E-state index contributed by atoms with van der Waals surface area (Å²) in [5, 5.41) is 17.6. The zero-order valence-corrected chi connectivity index (χ0v) is 15.6. The predicted molar refractivity (Wildman–Crippen MR) is 94.0 cm³/mol. The first-order valence-corrected chi connectivity index (χ1v) is 9.85. The molecule has 29 heavy (non-hydrogen) atoms. The SMILES string of the molecule is NS(=O)(=O)c1ccc(Nc2ncc(C(F)(F)F)c(O[C@@H]3COCC[C@@H]3O)n2)cc1. The Hall–Kier alpha value is -2.48. The van der Waals surface area contributed by atoms with E-state index in [0.29, 0.717) is 11.9 Å². The van der Waals surface area contributed by atoms with Gasteiger partial charge in [-0.05, 0) is 24.3 Å². The largest absolute Gasteiger partial charge is 0.469 e. The Kier molecular flexibility index (Phi) is 5.93. The Bertz CT molecular complexity index is 970. The van der Waals surface area contributed by atoms with Crippen molar-refractivity contribution in [1.29, 1.82) is 0 Å². The molecule has 1 aromatic carbocycles. The highest BCUT2D eigenvalue weighted by atomic mass is 32.2. The Morgan fingerprint density at radius 3 is 2.55 bits per heavy atom. The van der Waals surface area contributed by atoms with E-state index in [9.17, 15) is 26.7 Å². The first kappa shape index (κ1) is 21.2. The summed E-state index contributed by atoms with van der Waals surface area (Å²) in [4.78, 5) is 7.25. The summed E-state index contributed by atoms with van der Waals surface area (Å²) in [5.74, 6) is -0.978. The van der Waals surface area contributed by atoms with Crippen molar-refractivity contribution in [3.63, 3.8) is 0 Å². The maximum Gasteiger partial charge on any atom is 0.423 e. The summed E-state index contributed by atoms with van der Waals surface area (Å²) in [5.41, 5.74) is -0.894. The fraction of sp³-hybridized carbons (Fsp3) is 0.375. The van der Waals surface area contributed by atoms with Crippen molar-refractivity contribution in [2.45, 2.75) is 29.7 Å². The average Bonchev–Trinajstić information content (AvgIpc) is 2.62. The van der Waals surface area contributed by atoms with E-state index in [1.807, 2.05) is 0 Å². The van der Waals surface area contributed by atoms with Gasteiger partial charge in [0.05, 0.1) is 17.6 Å². The van der Waals surface area contributed by atoms with Gasteiger partial charge in [0.2, 0.25) is 21.9 Å². The van der Waals surface area contributed by atoms with Gasteiger partial charge in [0.15, 0.2) is 0 Å².